The van der Waals surface area contributed by atoms with E-state index in [4.69, 9.17) is 4.52 Å². The fourth-order valence-corrected chi connectivity index (χ4v) is 2.10. The van der Waals surface area contributed by atoms with Gasteiger partial charge in [-0.25, -0.2) is 4.98 Å². The second-order valence-corrected chi connectivity index (χ2v) is 4.63. The number of carbonyl (C=O) groups excluding carboxylic acids is 1. The molecule has 19 heavy (non-hydrogen) atoms. The van der Waals surface area contributed by atoms with Crippen molar-refractivity contribution in [2.75, 3.05) is 5.32 Å². The molecule has 0 aliphatic rings. The van der Waals surface area contributed by atoms with Crippen molar-refractivity contribution < 1.29 is 9.32 Å². The molecule has 0 aliphatic heterocycles. The van der Waals surface area contributed by atoms with Crippen molar-refractivity contribution in [3.8, 4) is 11.3 Å². The Morgan fingerprint density at radius 2 is 2.11 bits per heavy atom. The first-order valence-corrected chi connectivity index (χ1v) is 6.44. The van der Waals surface area contributed by atoms with Gasteiger partial charge in [0.05, 0.1) is 0 Å². The number of hydrogen-bond donors (Lipinski definition) is 1. The van der Waals surface area contributed by atoms with E-state index in [9.17, 15) is 4.79 Å². The van der Waals surface area contributed by atoms with Crippen molar-refractivity contribution >= 4 is 22.4 Å². The van der Waals surface area contributed by atoms with Crippen molar-refractivity contribution in [1.29, 1.82) is 0 Å². The largest absolute Gasteiger partial charge is 0.350 e. The summed E-state index contributed by atoms with van der Waals surface area (Å²) in [5.74, 6) is -0.196. The molecule has 0 saturated heterocycles. The van der Waals surface area contributed by atoms with Gasteiger partial charge in [0, 0.05) is 23.2 Å². The molecule has 0 atom stereocenters. The summed E-state index contributed by atoms with van der Waals surface area (Å²) in [5.41, 5.74) is 1.53. The number of nitrogens with zero attached hydrogens (tertiary/aromatic N) is 2. The summed E-state index contributed by atoms with van der Waals surface area (Å²) in [7, 11) is 0. The summed E-state index contributed by atoms with van der Waals surface area (Å²) in [6.45, 7) is 0. The molecular weight excluding hydrogens is 262 g/mol. The van der Waals surface area contributed by atoms with Gasteiger partial charge in [-0.15, -0.1) is 11.3 Å². The molecule has 0 unspecified atom stereocenters. The minimum absolute atomic E-state index is 0.161. The van der Waals surface area contributed by atoms with Crippen molar-refractivity contribution in [2.45, 2.75) is 0 Å². The molecule has 0 radical (unpaired) electrons. The third-order valence-corrected chi connectivity index (χ3v) is 3.14. The summed E-state index contributed by atoms with van der Waals surface area (Å²) in [4.78, 5) is 15.8. The van der Waals surface area contributed by atoms with Crippen LogP contribution in [0.1, 0.15) is 10.6 Å². The van der Waals surface area contributed by atoms with E-state index in [1.54, 1.807) is 17.6 Å². The van der Waals surface area contributed by atoms with E-state index in [0.717, 1.165) is 5.56 Å². The van der Waals surface area contributed by atoms with Gasteiger partial charge >= 0.3 is 0 Å². The lowest BCUT2D eigenvalue weighted by molar-refractivity contribution is 0.0988. The lowest BCUT2D eigenvalue weighted by atomic mass is 10.1. The Balaban J connectivity index is 1.80. The SMILES string of the molecule is O=C(Nc1nccs1)c1cc(-c2ccccc2)no1. The molecule has 1 N–H and O–H groups in total. The number of anilines is 1. The number of thiazole rings is 1. The number of rotatable bonds is 3. The minimum atomic E-state index is -0.357. The Morgan fingerprint density at radius 3 is 2.84 bits per heavy atom. The molecule has 3 rings (SSSR count). The molecule has 0 fully saturated rings. The van der Waals surface area contributed by atoms with Gasteiger partial charge in [-0.1, -0.05) is 35.5 Å². The minimum Gasteiger partial charge on any atom is -0.350 e. The van der Waals surface area contributed by atoms with Crippen molar-refractivity contribution in [3.05, 3.63) is 53.7 Å². The number of aromatic nitrogens is 2. The molecule has 94 valence electrons. The molecule has 2 aromatic heterocycles. The van der Waals surface area contributed by atoms with Gasteiger partial charge < -0.3 is 4.52 Å². The normalized spacial score (nSPS) is 10.3. The Labute approximate surface area is 112 Å². The van der Waals surface area contributed by atoms with E-state index < -0.39 is 0 Å². The summed E-state index contributed by atoms with van der Waals surface area (Å²) in [6, 6.07) is 11.1. The predicted molar refractivity (Wildman–Crippen MR) is 72.0 cm³/mol. The van der Waals surface area contributed by atoms with E-state index in [-0.39, 0.29) is 11.7 Å². The smallest absolute Gasteiger partial charge is 0.296 e. The lowest BCUT2D eigenvalue weighted by Crippen LogP contribution is -2.10. The maximum atomic E-state index is 11.9. The van der Waals surface area contributed by atoms with Gasteiger partial charge in [0.2, 0.25) is 5.76 Å². The second-order valence-electron chi connectivity index (χ2n) is 3.73. The number of carbonyl (C=O) groups is 1. The molecule has 0 spiro atoms. The Hall–Kier alpha value is -2.47. The van der Waals surface area contributed by atoms with Crippen LogP contribution < -0.4 is 5.32 Å². The summed E-state index contributed by atoms with van der Waals surface area (Å²) >= 11 is 1.34. The number of hydrogen-bond acceptors (Lipinski definition) is 5. The van der Waals surface area contributed by atoms with Crippen molar-refractivity contribution in [3.63, 3.8) is 0 Å². The molecule has 5 nitrogen and oxygen atoms in total. The molecule has 1 aromatic carbocycles. The number of nitrogens with one attached hydrogen (secondary N) is 1. The Morgan fingerprint density at radius 1 is 1.26 bits per heavy atom. The maximum Gasteiger partial charge on any atom is 0.296 e. The third-order valence-electron chi connectivity index (χ3n) is 2.46. The second kappa shape index (κ2) is 5.03. The third kappa shape index (κ3) is 2.53. The fourth-order valence-electron chi connectivity index (χ4n) is 1.57. The van der Waals surface area contributed by atoms with Gasteiger partial charge in [-0.2, -0.15) is 0 Å². The molecule has 6 heteroatoms. The van der Waals surface area contributed by atoms with Gasteiger partial charge in [-0.05, 0) is 0 Å². The molecule has 0 saturated carbocycles. The highest BCUT2D eigenvalue weighted by Crippen LogP contribution is 2.19. The van der Waals surface area contributed by atoms with E-state index >= 15 is 0 Å². The van der Waals surface area contributed by atoms with Crippen LogP contribution in [0.15, 0.2) is 52.5 Å². The highest BCUT2D eigenvalue weighted by Gasteiger charge is 2.14. The molecule has 1 amide bonds. The van der Waals surface area contributed by atoms with Crippen LogP contribution in [0.5, 0.6) is 0 Å². The molecule has 2 heterocycles. The van der Waals surface area contributed by atoms with Crippen LogP contribution in [0.2, 0.25) is 0 Å². The number of benzene rings is 1. The van der Waals surface area contributed by atoms with Crippen LogP contribution in [0, 0.1) is 0 Å². The number of amides is 1. The average Bonchev–Trinajstić information content (AvgIpc) is 3.10. The Bertz CT molecular complexity index is 677. The summed E-state index contributed by atoms with van der Waals surface area (Å²) in [5, 5.41) is 8.84. The first-order chi connectivity index (χ1) is 9.33. The predicted octanol–water partition coefficient (Wildman–Crippen LogP) is 3.05. The van der Waals surface area contributed by atoms with Crippen LogP contribution in [0.25, 0.3) is 11.3 Å². The molecule has 0 bridgehead atoms. The zero-order valence-corrected chi connectivity index (χ0v) is 10.6. The van der Waals surface area contributed by atoms with Crippen LogP contribution >= 0.6 is 11.3 Å². The van der Waals surface area contributed by atoms with Crippen LogP contribution in [-0.2, 0) is 0 Å². The van der Waals surface area contributed by atoms with Gasteiger partial charge in [0.15, 0.2) is 5.13 Å². The zero-order chi connectivity index (χ0) is 13.1. The fraction of sp³-hybridized carbons (Fsp3) is 0. The quantitative estimate of drug-likeness (QED) is 0.795. The highest BCUT2D eigenvalue weighted by molar-refractivity contribution is 7.13. The summed E-state index contributed by atoms with van der Waals surface area (Å²) in [6.07, 6.45) is 1.62. The van der Waals surface area contributed by atoms with Crippen LogP contribution in [-0.4, -0.2) is 16.0 Å². The Kier molecular flexibility index (Phi) is 3.07. The zero-order valence-electron chi connectivity index (χ0n) is 9.74. The monoisotopic (exact) mass is 271 g/mol. The van der Waals surface area contributed by atoms with Crippen LogP contribution in [0.4, 0.5) is 5.13 Å². The van der Waals surface area contributed by atoms with Gasteiger partial charge in [0.1, 0.15) is 5.69 Å². The van der Waals surface area contributed by atoms with E-state index in [1.807, 2.05) is 30.3 Å². The first kappa shape index (κ1) is 11.6. The van der Waals surface area contributed by atoms with Crippen molar-refractivity contribution in [2.24, 2.45) is 0 Å². The van der Waals surface area contributed by atoms with E-state index in [0.29, 0.717) is 10.8 Å². The summed E-state index contributed by atoms with van der Waals surface area (Å²) < 4.78 is 5.04. The standard InChI is InChI=1S/C13H9N3O2S/c17-12(15-13-14-6-7-19-13)11-8-10(16-18-11)9-4-2-1-3-5-9/h1-8H,(H,14,15,17). The maximum absolute atomic E-state index is 11.9. The average molecular weight is 271 g/mol. The topological polar surface area (TPSA) is 68.0 Å². The molecular formula is C13H9N3O2S. The lowest BCUT2D eigenvalue weighted by Gasteiger charge is -1.95. The molecule has 0 aliphatic carbocycles. The van der Waals surface area contributed by atoms with Crippen molar-refractivity contribution in [1.82, 2.24) is 10.1 Å². The molecule has 3 aromatic rings. The van der Waals surface area contributed by atoms with Crippen LogP contribution in [0.3, 0.4) is 0 Å². The van der Waals surface area contributed by atoms with Gasteiger partial charge in [0.25, 0.3) is 5.91 Å². The van der Waals surface area contributed by atoms with Gasteiger partial charge in [-0.3, -0.25) is 10.1 Å². The highest BCUT2D eigenvalue weighted by atomic mass is 32.1. The van der Waals surface area contributed by atoms with E-state index in [2.05, 4.69) is 15.5 Å². The van der Waals surface area contributed by atoms with E-state index in [1.165, 1.54) is 11.3 Å². The first-order valence-electron chi connectivity index (χ1n) is 5.56.